The lowest BCUT2D eigenvalue weighted by atomic mass is 10.0. The molecule has 1 aromatic heterocycles. The van der Waals surface area contributed by atoms with Crippen LogP contribution in [0.15, 0.2) is 35.1 Å². The molecule has 1 aromatic carbocycles. The first kappa shape index (κ1) is 14.5. The Balaban J connectivity index is 2.37. The van der Waals surface area contributed by atoms with Gasteiger partial charge in [0.05, 0.1) is 6.04 Å². The number of nitrogens with zero attached hydrogens (tertiary/aromatic N) is 2. The van der Waals surface area contributed by atoms with Gasteiger partial charge in [-0.1, -0.05) is 24.3 Å². The lowest BCUT2D eigenvalue weighted by Gasteiger charge is -2.21. The number of aromatic nitrogens is 2. The Labute approximate surface area is 119 Å². The largest absolute Gasteiger partial charge is 0.312 e. The summed E-state index contributed by atoms with van der Waals surface area (Å²) in [5, 5.41) is 3.29. The third kappa shape index (κ3) is 2.96. The average molecular weight is 271 g/mol. The Morgan fingerprint density at radius 1 is 1.25 bits per heavy atom. The predicted octanol–water partition coefficient (Wildman–Crippen LogP) is 2.13. The molecule has 2 rings (SSSR count). The Hall–Kier alpha value is -1.94. The molecule has 0 amide bonds. The molecule has 0 aliphatic carbocycles. The van der Waals surface area contributed by atoms with E-state index in [0.717, 1.165) is 11.5 Å². The van der Waals surface area contributed by atoms with E-state index in [0.29, 0.717) is 6.54 Å². The summed E-state index contributed by atoms with van der Waals surface area (Å²) in [5.74, 6) is 0.754. The summed E-state index contributed by atoms with van der Waals surface area (Å²) in [7, 11) is 1.92. The molecule has 4 heteroatoms. The summed E-state index contributed by atoms with van der Waals surface area (Å²) in [4.78, 5) is 16.5. The fraction of sp³-hybridized carbons (Fsp3) is 0.375. The minimum absolute atomic E-state index is 0.00355. The number of likely N-dealkylation sites (N-methyl/N-ethyl adjacent to an activating group) is 1. The summed E-state index contributed by atoms with van der Waals surface area (Å²) < 4.78 is 1.72. The number of nitrogens with one attached hydrogen (secondary N) is 1. The van der Waals surface area contributed by atoms with E-state index in [-0.39, 0.29) is 11.6 Å². The summed E-state index contributed by atoms with van der Waals surface area (Å²) in [6.07, 6.45) is 0. The van der Waals surface area contributed by atoms with Crippen LogP contribution >= 0.6 is 0 Å². The van der Waals surface area contributed by atoms with Gasteiger partial charge in [0.25, 0.3) is 5.56 Å². The van der Waals surface area contributed by atoms with E-state index in [9.17, 15) is 4.79 Å². The van der Waals surface area contributed by atoms with E-state index in [1.807, 2.05) is 33.0 Å². The minimum Gasteiger partial charge on any atom is -0.312 e. The van der Waals surface area contributed by atoms with Gasteiger partial charge in [-0.25, -0.2) is 4.98 Å². The second-order valence-corrected chi connectivity index (χ2v) is 5.09. The van der Waals surface area contributed by atoms with Crippen molar-refractivity contribution in [3.05, 3.63) is 63.3 Å². The second kappa shape index (κ2) is 6.01. The van der Waals surface area contributed by atoms with Crippen molar-refractivity contribution in [1.82, 2.24) is 14.9 Å². The van der Waals surface area contributed by atoms with E-state index < -0.39 is 0 Å². The number of rotatable bonds is 4. The highest BCUT2D eigenvalue weighted by molar-refractivity contribution is 5.28. The third-order valence-electron chi connectivity index (χ3n) is 3.60. The van der Waals surface area contributed by atoms with Gasteiger partial charge in [-0.2, -0.15) is 0 Å². The van der Waals surface area contributed by atoms with Crippen LogP contribution in [0.4, 0.5) is 0 Å². The van der Waals surface area contributed by atoms with Crippen LogP contribution in [-0.4, -0.2) is 16.6 Å². The van der Waals surface area contributed by atoms with Crippen molar-refractivity contribution < 1.29 is 0 Å². The van der Waals surface area contributed by atoms with Gasteiger partial charge in [0.2, 0.25) is 0 Å². The fourth-order valence-corrected chi connectivity index (χ4v) is 2.49. The van der Waals surface area contributed by atoms with Gasteiger partial charge in [0.1, 0.15) is 5.82 Å². The highest BCUT2D eigenvalue weighted by atomic mass is 16.1. The van der Waals surface area contributed by atoms with Gasteiger partial charge in [0, 0.05) is 18.3 Å². The molecule has 0 aliphatic heterocycles. The molecule has 4 nitrogen and oxygen atoms in total. The molecule has 0 bridgehead atoms. The number of aryl methyl sites for hydroxylation is 3. The Morgan fingerprint density at radius 2 is 1.95 bits per heavy atom. The van der Waals surface area contributed by atoms with Crippen molar-refractivity contribution in [3.8, 4) is 0 Å². The van der Waals surface area contributed by atoms with Crippen molar-refractivity contribution in [2.75, 3.05) is 7.05 Å². The molecule has 0 saturated heterocycles. The zero-order valence-electron chi connectivity index (χ0n) is 12.5. The Bertz CT molecular complexity index is 661. The highest BCUT2D eigenvalue weighted by Crippen LogP contribution is 2.18. The maximum atomic E-state index is 12.1. The van der Waals surface area contributed by atoms with Crippen LogP contribution in [0.5, 0.6) is 0 Å². The third-order valence-corrected chi connectivity index (χ3v) is 3.60. The molecule has 0 aliphatic rings. The maximum absolute atomic E-state index is 12.1. The molecule has 1 heterocycles. The first-order valence-corrected chi connectivity index (χ1v) is 6.81. The van der Waals surface area contributed by atoms with Gasteiger partial charge in [0.15, 0.2) is 0 Å². The minimum atomic E-state index is 0.00355. The average Bonchev–Trinajstić information content (AvgIpc) is 2.39. The Morgan fingerprint density at radius 3 is 2.55 bits per heavy atom. The fourth-order valence-electron chi connectivity index (χ4n) is 2.49. The first-order valence-electron chi connectivity index (χ1n) is 6.81. The quantitative estimate of drug-likeness (QED) is 0.926. The van der Waals surface area contributed by atoms with Gasteiger partial charge >= 0.3 is 0 Å². The standard InChI is InChI=1S/C16H21N3O/c1-11-7-5-6-8-14(11)15(17-4)10-19-13(3)18-12(2)9-16(19)20/h5-9,15,17H,10H2,1-4H3. The molecule has 1 atom stereocenters. The molecule has 0 spiro atoms. The number of hydrogen-bond acceptors (Lipinski definition) is 3. The number of benzene rings is 1. The van der Waals surface area contributed by atoms with Crippen LogP contribution in [0.2, 0.25) is 0 Å². The van der Waals surface area contributed by atoms with Crippen LogP contribution in [0.25, 0.3) is 0 Å². The molecule has 0 radical (unpaired) electrons. The molecule has 1 unspecified atom stereocenters. The zero-order valence-corrected chi connectivity index (χ0v) is 12.5. The van der Waals surface area contributed by atoms with Crippen molar-refractivity contribution in [3.63, 3.8) is 0 Å². The predicted molar refractivity (Wildman–Crippen MR) is 81.0 cm³/mol. The van der Waals surface area contributed by atoms with E-state index in [1.54, 1.807) is 10.6 Å². The van der Waals surface area contributed by atoms with Gasteiger partial charge in [-0.3, -0.25) is 9.36 Å². The molecule has 2 aromatic rings. The maximum Gasteiger partial charge on any atom is 0.253 e. The van der Waals surface area contributed by atoms with E-state index in [4.69, 9.17) is 0 Å². The monoisotopic (exact) mass is 271 g/mol. The summed E-state index contributed by atoms with van der Waals surface area (Å²) in [5.41, 5.74) is 3.20. The van der Waals surface area contributed by atoms with Crippen molar-refractivity contribution in [2.45, 2.75) is 33.4 Å². The van der Waals surface area contributed by atoms with Gasteiger partial charge < -0.3 is 5.32 Å². The summed E-state index contributed by atoms with van der Waals surface area (Å²) >= 11 is 0. The van der Waals surface area contributed by atoms with Crippen LogP contribution in [0.1, 0.15) is 28.7 Å². The van der Waals surface area contributed by atoms with E-state index in [2.05, 4.69) is 29.4 Å². The molecule has 0 fully saturated rings. The topological polar surface area (TPSA) is 46.9 Å². The molecule has 0 saturated carbocycles. The van der Waals surface area contributed by atoms with Crippen LogP contribution in [-0.2, 0) is 6.54 Å². The van der Waals surface area contributed by atoms with Crippen molar-refractivity contribution >= 4 is 0 Å². The normalized spacial score (nSPS) is 12.4. The molecular weight excluding hydrogens is 250 g/mol. The van der Waals surface area contributed by atoms with E-state index in [1.165, 1.54) is 11.1 Å². The number of hydrogen-bond donors (Lipinski definition) is 1. The first-order chi connectivity index (χ1) is 9.52. The van der Waals surface area contributed by atoms with Crippen molar-refractivity contribution in [2.24, 2.45) is 0 Å². The lowest BCUT2D eigenvalue weighted by Crippen LogP contribution is -2.31. The van der Waals surface area contributed by atoms with Crippen LogP contribution in [0.3, 0.4) is 0 Å². The smallest absolute Gasteiger partial charge is 0.253 e. The lowest BCUT2D eigenvalue weighted by molar-refractivity contribution is 0.475. The highest BCUT2D eigenvalue weighted by Gasteiger charge is 2.14. The van der Waals surface area contributed by atoms with Gasteiger partial charge in [-0.05, 0) is 38.9 Å². The molecule has 1 N–H and O–H groups in total. The van der Waals surface area contributed by atoms with Crippen LogP contribution in [0, 0.1) is 20.8 Å². The molecule has 106 valence electrons. The summed E-state index contributed by atoms with van der Waals surface area (Å²) in [6.45, 7) is 6.39. The molecular formula is C16H21N3O. The zero-order chi connectivity index (χ0) is 14.7. The van der Waals surface area contributed by atoms with Gasteiger partial charge in [-0.15, -0.1) is 0 Å². The second-order valence-electron chi connectivity index (χ2n) is 5.09. The Kier molecular flexibility index (Phi) is 4.35. The SMILES string of the molecule is CNC(Cn1c(C)nc(C)cc1=O)c1ccccc1C. The molecule has 20 heavy (non-hydrogen) atoms. The van der Waals surface area contributed by atoms with Crippen LogP contribution < -0.4 is 10.9 Å². The summed E-state index contributed by atoms with van der Waals surface area (Å²) in [6, 6.07) is 9.90. The van der Waals surface area contributed by atoms with E-state index >= 15 is 0 Å². The van der Waals surface area contributed by atoms with Crippen molar-refractivity contribution in [1.29, 1.82) is 0 Å².